The summed E-state index contributed by atoms with van der Waals surface area (Å²) in [6, 6.07) is 9.22. The number of benzene rings is 1. The minimum absolute atomic E-state index is 0.0775. The standard InChI is InChI=1S/C26H29FN4O4/c27-21-6-1-4-18(14-21)15-23(32)30-11-8-19(9-12-30)26(20-5-2-10-28-16-20)24(33)31(25(34)29-26)17-22-7-3-13-35-22/h1-2,4-6,10,14,16,19,22H,3,7-9,11-13,15,17H2,(H,29,34)/t22-,26-/m0/s1. The Morgan fingerprint density at radius 1 is 1.17 bits per heavy atom. The van der Waals surface area contributed by atoms with E-state index in [2.05, 4.69) is 10.3 Å². The lowest BCUT2D eigenvalue weighted by atomic mass is 9.73. The van der Waals surface area contributed by atoms with E-state index in [1.807, 2.05) is 6.07 Å². The Bertz CT molecular complexity index is 1100. The molecule has 3 aliphatic rings. The first-order valence-electron chi connectivity index (χ1n) is 12.2. The van der Waals surface area contributed by atoms with Crippen molar-refractivity contribution >= 4 is 17.8 Å². The number of amides is 4. The summed E-state index contributed by atoms with van der Waals surface area (Å²) in [6.45, 7) is 1.78. The van der Waals surface area contributed by atoms with E-state index in [1.165, 1.54) is 17.0 Å². The van der Waals surface area contributed by atoms with Gasteiger partial charge in [0.05, 0.1) is 19.1 Å². The van der Waals surface area contributed by atoms with Gasteiger partial charge in [-0.3, -0.25) is 19.5 Å². The Hall–Kier alpha value is -3.33. The lowest BCUT2D eigenvalue weighted by molar-refractivity contribution is -0.137. The van der Waals surface area contributed by atoms with Gasteiger partial charge >= 0.3 is 6.03 Å². The maximum atomic E-state index is 13.9. The molecule has 3 fully saturated rings. The van der Waals surface area contributed by atoms with Gasteiger partial charge in [0.15, 0.2) is 5.54 Å². The molecule has 35 heavy (non-hydrogen) atoms. The van der Waals surface area contributed by atoms with E-state index in [9.17, 15) is 18.8 Å². The van der Waals surface area contributed by atoms with Crippen molar-refractivity contribution in [1.29, 1.82) is 0 Å². The van der Waals surface area contributed by atoms with Crippen LogP contribution in [0.3, 0.4) is 0 Å². The number of pyridine rings is 1. The molecular formula is C26H29FN4O4. The second-order valence-electron chi connectivity index (χ2n) is 9.49. The Balaban J connectivity index is 1.33. The van der Waals surface area contributed by atoms with Gasteiger partial charge in [0.2, 0.25) is 5.91 Å². The average molecular weight is 481 g/mol. The maximum Gasteiger partial charge on any atom is 0.325 e. The number of likely N-dealkylation sites (tertiary alicyclic amines) is 1. The van der Waals surface area contributed by atoms with Gasteiger partial charge in [-0.1, -0.05) is 18.2 Å². The van der Waals surface area contributed by atoms with Gasteiger partial charge in [-0.15, -0.1) is 0 Å². The number of imide groups is 1. The predicted molar refractivity (Wildman–Crippen MR) is 125 cm³/mol. The van der Waals surface area contributed by atoms with Gasteiger partial charge in [-0.2, -0.15) is 0 Å². The van der Waals surface area contributed by atoms with E-state index in [-0.39, 0.29) is 42.6 Å². The molecule has 9 heteroatoms. The molecule has 0 unspecified atom stereocenters. The number of ether oxygens (including phenoxy) is 1. The number of hydrogen-bond donors (Lipinski definition) is 1. The molecule has 0 bridgehead atoms. The molecule has 4 amide bonds. The molecule has 1 aromatic carbocycles. The summed E-state index contributed by atoms with van der Waals surface area (Å²) < 4.78 is 19.2. The molecule has 0 radical (unpaired) electrons. The number of carbonyl (C=O) groups excluding carboxylic acids is 3. The van der Waals surface area contributed by atoms with Crippen molar-refractivity contribution in [1.82, 2.24) is 20.1 Å². The van der Waals surface area contributed by atoms with Crippen molar-refractivity contribution in [2.45, 2.75) is 43.7 Å². The second-order valence-corrected chi connectivity index (χ2v) is 9.49. The molecule has 4 heterocycles. The van der Waals surface area contributed by atoms with Gasteiger partial charge < -0.3 is 15.0 Å². The van der Waals surface area contributed by atoms with Crippen molar-refractivity contribution < 1.29 is 23.5 Å². The topological polar surface area (TPSA) is 91.8 Å². The van der Waals surface area contributed by atoms with Crippen molar-refractivity contribution in [2.24, 2.45) is 5.92 Å². The number of halogens is 1. The molecule has 0 spiro atoms. The highest BCUT2D eigenvalue weighted by Crippen LogP contribution is 2.41. The quantitative estimate of drug-likeness (QED) is 0.642. The first-order valence-corrected chi connectivity index (χ1v) is 12.2. The number of piperidine rings is 1. The Morgan fingerprint density at radius 2 is 2.00 bits per heavy atom. The van der Waals surface area contributed by atoms with Crippen LogP contribution in [0.25, 0.3) is 0 Å². The maximum absolute atomic E-state index is 13.9. The smallest absolute Gasteiger partial charge is 0.325 e. The minimum Gasteiger partial charge on any atom is -0.376 e. The summed E-state index contributed by atoms with van der Waals surface area (Å²) in [5.41, 5.74) is 0.0615. The van der Waals surface area contributed by atoms with Gasteiger partial charge in [0.1, 0.15) is 5.82 Å². The van der Waals surface area contributed by atoms with Crippen LogP contribution in [0.15, 0.2) is 48.8 Å². The summed E-state index contributed by atoms with van der Waals surface area (Å²) in [5.74, 6) is -0.923. The Labute approximate surface area is 203 Å². The third-order valence-electron chi connectivity index (χ3n) is 7.36. The number of carbonyl (C=O) groups is 3. The summed E-state index contributed by atoms with van der Waals surface area (Å²) in [6.07, 6.45) is 6.09. The largest absolute Gasteiger partial charge is 0.376 e. The number of hydrogen-bond acceptors (Lipinski definition) is 5. The van der Waals surface area contributed by atoms with Gasteiger partial charge in [-0.05, 0) is 55.4 Å². The molecule has 0 saturated carbocycles. The number of aromatic nitrogens is 1. The first-order chi connectivity index (χ1) is 17.0. The van der Waals surface area contributed by atoms with E-state index in [0.717, 1.165) is 12.8 Å². The van der Waals surface area contributed by atoms with E-state index in [4.69, 9.17) is 4.74 Å². The fourth-order valence-corrected chi connectivity index (χ4v) is 5.55. The molecule has 2 aromatic rings. The number of urea groups is 1. The first kappa shape index (κ1) is 23.4. The van der Waals surface area contributed by atoms with Crippen LogP contribution in [0, 0.1) is 11.7 Å². The van der Waals surface area contributed by atoms with E-state index in [0.29, 0.717) is 43.7 Å². The predicted octanol–water partition coefficient (Wildman–Crippen LogP) is 2.63. The van der Waals surface area contributed by atoms with Crippen LogP contribution >= 0.6 is 0 Å². The highest BCUT2D eigenvalue weighted by atomic mass is 19.1. The minimum atomic E-state index is -1.22. The fraction of sp³-hybridized carbons (Fsp3) is 0.462. The zero-order chi connectivity index (χ0) is 24.4. The second kappa shape index (κ2) is 9.73. The van der Waals surface area contributed by atoms with Crippen LogP contribution in [0.2, 0.25) is 0 Å². The third-order valence-corrected chi connectivity index (χ3v) is 7.36. The SMILES string of the molecule is O=C(Cc1cccc(F)c1)N1CCC([C@@]2(c3cccnc3)NC(=O)N(C[C@@H]3CCCO3)C2=O)CC1. The monoisotopic (exact) mass is 480 g/mol. The van der Waals surface area contributed by atoms with Gasteiger partial charge in [0.25, 0.3) is 5.91 Å². The van der Waals surface area contributed by atoms with Crippen molar-refractivity contribution in [3.05, 3.63) is 65.7 Å². The third kappa shape index (κ3) is 4.52. The van der Waals surface area contributed by atoms with Crippen LogP contribution < -0.4 is 5.32 Å². The number of nitrogens with one attached hydrogen (secondary N) is 1. The Kier molecular flexibility index (Phi) is 6.51. The molecule has 3 saturated heterocycles. The lowest BCUT2D eigenvalue weighted by Crippen LogP contribution is -2.54. The number of nitrogens with zero attached hydrogens (tertiary/aromatic N) is 3. The normalized spacial score (nSPS) is 25.2. The van der Waals surface area contributed by atoms with Crippen molar-refractivity contribution in [2.75, 3.05) is 26.2 Å². The fourth-order valence-electron chi connectivity index (χ4n) is 5.55. The van der Waals surface area contributed by atoms with E-state index in [1.54, 1.807) is 35.5 Å². The molecule has 0 aliphatic carbocycles. The molecule has 2 atom stereocenters. The molecule has 1 N–H and O–H groups in total. The molecule has 8 nitrogen and oxygen atoms in total. The highest BCUT2D eigenvalue weighted by molar-refractivity contribution is 6.07. The lowest BCUT2D eigenvalue weighted by Gasteiger charge is -2.41. The van der Waals surface area contributed by atoms with Crippen LogP contribution in [0.4, 0.5) is 9.18 Å². The van der Waals surface area contributed by atoms with Crippen molar-refractivity contribution in [3.8, 4) is 0 Å². The number of rotatable bonds is 6. The van der Waals surface area contributed by atoms with Crippen LogP contribution in [-0.2, 0) is 26.3 Å². The molecule has 184 valence electrons. The van der Waals surface area contributed by atoms with Crippen LogP contribution in [0.1, 0.15) is 36.8 Å². The molecule has 5 rings (SSSR count). The molecular weight excluding hydrogens is 451 g/mol. The molecule has 1 aromatic heterocycles. The highest BCUT2D eigenvalue weighted by Gasteiger charge is 2.57. The summed E-state index contributed by atoms with van der Waals surface area (Å²) >= 11 is 0. The van der Waals surface area contributed by atoms with Crippen molar-refractivity contribution in [3.63, 3.8) is 0 Å². The molecule has 3 aliphatic heterocycles. The average Bonchev–Trinajstić information content (AvgIpc) is 3.47. The summed E-state index contributed by atoms with van der Waals surface area (Å²) in [4.78, 5) is 47.0. The van der Waals surface area contributed by atoms with E-state index < -0.39 is 11.6 Å². The zero-order valence-electron chi connectivity index (χ0n) is 19.5. The summed E-state index contributed by atoms with van der Waals surface area (Å²) in [7, 11) is 0. The van der Waals surface area contributed by atoms with Crippen LogP contribution in [0.5, 0.6) is 0 Å². The zero-order valence-corrected chi connectivity index (χ0v) is 19.5. The van der Waals surface area contributed by atoms with Gasteiger partial charge in [0, 0.05) is 37.7 Å². The van der Waals surface area contributed by atoms with E-state index >= 15 is 0 Å². The summed E-state index contributed by atoms with van der Waals surface area (Å²) in [5, 5.41) is 3.01. The van der Waals surface area contributed by atoms with Crippen LogP contribution in [-0.4, -0.2) is 65.0 Å². The van der Waals surface area contributed by atoms with Gasteiger partial charge in [-0.25, -0.2) is 9.18 Å². The Morgan fingerprint density at radius 3 is 2.69 bits per heavy atom.